The van der Waals surface area contributed by atoms with Gasteiger partial charge in [-0.05, 0) is 35.4 Å². The van der Waals surface area contributed by atoms with Crippen LogP contribution < -0.4 is 0 Å². The molecule has 0 bridgehead atoms. The molecule has 2 aromatic carbocycles. The van der Waals surface area contributed by atoms with Gasteiger partial charge in [-0.25, -0.2) is 9.37 Å². The molecule has 3 rings (SSSR count). The molecule has 0 aliphatic heterocycles. The van der Waals surface area contributed by atoms with E-state index in [1.807, 2.05) is 24.3 Å². The molecule has 0 fully saturated rings. The van der Waals surface area contributed by atoms with Gasteiger partial charge < -0.3 is 4.42 Å². The first-order valence-corrected chi connectivity index (χ1v) is 5.52. The van der Waals surface area contributed by atoms with Crippen LogP contribution in [-0.2, 0) is 0 Å². The summed E-state index contributed by atoms with van der Waals surface area (Å²) in [5.74, 6) is -0.255. The van der Waals surface area contributed by atoms with Gasteiger partial charge in [0.25, 0.3) is 5.22 Å². The van der Waals surface area contributed by atoms with Crippen LogP contribution in [-0.4, -0.2) is 4.98 Å². The van der Waals surface area contributed by atoms with Crippen molar-refractivity contribution in [1.82, 2.24) is 4.98 Å². The summed E-state index contributed by atoms with van der Waals surface area (Å²) >= 11 is 4.04. The lowest BCUT2D eigenvalue weighted by Crippen LogP contribution is -1.79. The summed E-state index contributed by atoms with van der Waals surface area (Å²) in [5.41, 5.74) is 3.09. The SMILES string of the molecule is Fc1cccc(-c2ccc3nc(S)oc3c2)c1. The van der Waals surface area contributed by atoms with Crippen molar-refractivity contribution in [2.75, 3.05) is 0 Å². The lowest BCUT2D eigenvalue weighted by atomic mass is 10.1. The summed E-state index contributed by atoms with van der Waals surface area (Å²) in [7, 11) is 0. The average Bonchev–Trinajstić information content (AvgIpc) is 2.68. The smallest absolute Gasteiger partial charge is 0.253 e. The predicted molar refractivity (Wildman–Crippen MR) is 66.7 cm³/mol. The van der Waals surface area contributed by atoms with Gasteiger partial charge >= 0.3 is 0 Å². The molecule has 1 heterocycles. The maximum atomic E-state index is 13.1. The Kier molecular flexibility index (Phi) is 2.37. The van der Waals surface area contributed by atoms with Crippen LogP contribution >= 0.6 is 12.6 Å². The molecule has 4 heteroatoms. The van der Waals surface area contributed by atoms with Gasteiger partial charge in [0, 0.05) is 0 Å². The Hall–Kier alpha value is -1.81. The van der Waals surface area contributed by atoms with Crippen LogP contribution in [0.25, 0.3) is 22.2 Å². The Morgan fingerprint density at radius 1 is 1.06 bits per heavy atom. The van der Waals surface area contributed by atoms with Crippen molar-refractivity contribution in [1.29, 1.82) is 0 Å². The molecule has 84 valence electrons. The summed E-state index contributed by atoms with van der Waals surface area (Å²) in [4.78, 5) is 4.09. The van der Waals surface area contributed by atoms with Crippen molar-refractivity contribution in [3.8, 4) is 11.1 Å². The maximum Gasteiger partial charge on any atom is 0.253 e. The van der Waals surface area contributed by atoms with E-state index < -0.39 is 0 Å². The van der Waals surface area contributed by atoms with Crippen molar-refractivity contribution < 1.29 is 8.81 Å². The van der Waals surface area contributed by atoms with E-state index >= 15 is 0 Å². The van der Waals surface area contributed by atoms with E-state index in [2.05, 4.69) is 17.6 Å². The monoisotopic (exact) mass is 245 g/mol. The highest BCUT2D eigenvalue weighted by Gasteiger charge is 2.05. The number of benzene rings is 2. The number of nitrogens with zero attached hydrogens (tertiary/aromatic N) is 1. The number of rotatable bonds is 1. The fraction of sp³-hybridized carbons (Fsp3) is 0. The zero-order chi connectivity index (χ0) is 11.8. The van der Waals surface area contributed by atoms with Crippen LogP contribution in [0, 0.1) is 5.82 Å². The molecule has 2 nitrogen and oxygen atoms in total. The van der Waals surface area contributed by atoms with Gasteiger partial charge in [-0.1, -0.05) is 30.8 Å². The second kappa shape index (κ2) is 3.89. The minimum absolute atomic E-state index is 0.255. The van der Waals surface area contributed by atoms with E-state index in [0.717, 1.165) is 16.6 Å². The molecular formula is C13H8FNOS. The van der Waals surface area contributed by atoms with E-state index in [4.69, 9.17) is 4.42 Å². The first-order chi connectivity index (χ1) is 8.22. The fourth-order valence-corrected chi connectivity index (χ4v) is 1.97. The molecule has 3 aromatic rings. The lowest BCUT2D eigenvalue weighted by Gasteiger charge is -2.00. The largest absolute Gasteiger partial charge is 0.432 e. The number of hydrogen-bond acceptors (Lipinski definition) is 3. The second-order valence-electron chi connectivity index (χ2n) is 3.69. The van der Waals surface area contributed by atoms with E-state index in [0.29, 0.717) is 10.8 Å². The highest BCUT2D eigenvalue weighted by molar-refractivity contribution is 7.80. The van der Waals surface area contributed by atoms with Gasteiger partial charge in [0.1, 0.15) is 11.3 Å². The molecule has 1 aromatic heterocycles. The maximum absolute atomic E-state index is 13.1. The number of oxazole rings is 1. The Morgan fingerprint density at radius 3 is 2.71 bits per heavy atom. The van der Waals surface area contributed by atoms with Gasteiger partial charge in [0.2, 0.25) is 0 Å². The van der Waals surface area contributed by atoms with Crippen molar-refractivity contribution in [3.05, 3.63) is 48.3 Å². The van der Waals surface area contributed by atoms with Crippen LogP contribution in [0.15, 0.2) is 52.1 Å². The van der Waals surface area contributed by atoms with Crippen LogP contribution in [0.4, 0.5) is 4.39 Å². The number of hydrogen-bond donors (Lipinski definition) is 1. The van der Waals surface area contributed by atoms with Gasteiger partial charge in [-0.15, -0.1) is 0 Å². The highest BCUT2D eigenvalue weighted by atomic mass is 32.1. The first kappa shape index (κ1) is 10.4. The van der Waals surface area contributed by atoms with Crippen LogP contribution in [0.5, 0.6) is 0 Å². The zero-order valence-electron chi connectivity index (χ0n) is 8.72. The molecule has 0 atom stereocenters. The Balaban J connectivity index is 2.17. The quantitative estimate of drug-likeness (QED) is 0.657. The summed E-state index contributed by atoms with van der Waals surface area (Å²) < 4.78 is 18.4. The molecule has 0 saturated carbocycles. The lowest BCUT2D eigenvalue weighted by molar-refractivity contribution is 0.492. The van der Waals surface area contributed by atoms with E-state index in [9.17, 15) is 4.39 Å². The molecule has 0 saturated heterocycles. The third-order valence-electron chi connectivity index (χ3n) is 2.54. The predicted octanol–water partition coefficient (Wildman–Crippen LogP) is 3.92. The number of fused-ring (bicyclic) bond motifs is 1. The third-order valence-corrected chi connectivity index (χ3v) is 2.73. The Morgan fingerprint density at radius 2 is 1.88 bits per heavy atom. The molecule has 0 unspecified atom stereocenters. The topological polar surface area (TPSA) is 26.0 Å². The third kappa shape index (κ3) is 1.91. The minimum Gasteiger partial charge on any atom is -0.432 e. The van der Waals surface area contributed by atoms with Crippen molar-refractivity contribution >= 4 is 23.7 Å². The standard InChI is InChI=1S/C13H8FNOS/c14-10-3-1-2-8(6-10)9-4-5-11-12(7-9)16-13(17)15-11/h1-7H,(H,15,17). The molecular weight excluding hydrogens is 237 g/mol. The van der Waals surface area contributed by atoms with Gasteiger partial charge in [0.15, 0.2) is 5.58 Å². The molecule has 0 radical (unpaired) electrons. The summed E-state index contributed by atoms with van der Waals surface area (Å²) in [6, 6.07) is 12.0. The van der Waals surface area contributed by atoms with E-state index in [-0.39, 0.29) is 5.82 Å². The number of thiol groups is 1. The normalized spacial score (nSPS) is 10.9. The van der Waals surface area contributed by atoms with Crippen molar-refractivity contribution in [3.63, 3.8) is 0 Å². The van der Waals surface area contributed by atoms with Crippen LogP contribution in [0.2, 0.25) is 0 Å². The molecule has 0 N–H and O–H groups in total. The highest BCUT2D eigenvalue weighted by Crippen LogP contribution is 2.26. The molecule has 0 spiro atoms. The summed E-state index contributed by atoms with van der Waals surface area (Å²) in [6.45, 7) is 0. The fourth-order valence-electron chi connectivity index (χ4n) is 1.76. The van der Waals surface area contributed by atoms with Gasteiger partial charge in [-0.2, -0.15) is 0 Å². The molecule has 0 aliphatic carbocycles. The van der Waals surface area contributed by atoms with Gasteiger partial charge in [0.05, 0.1) is 0 Å². The van der Waals surface area contributed by atoms with Crippen LogP contribution in [0.1, 0.15) is 0 Å². The van der Waals surface area contributed by atoms with Crippen molar-refractivity contribution in [2.45, 2.75) is 5.22 Å². The Bertz CT molecular complexity index is 693. The average molecular weight is 245 g/mol. The summed E-state index contributed by atoms with van der Waals surface area (Å²) in [5, 5.41) is 0.330. The summed E-state index contributed by atoms with van der Waals surface area (Å²) in [6.07, 6.45) is 0. The molecule has 17 heavy (non-hydrogen) atoms. The van der Waals surface area contributed by atoms with E-state index in [1.54, 1.807) is 6.07 Å². The van der Waals surface area contributed by atoms with Crippen molar-refractivity contribution in [2.24, 2.45) is 0 Å². The Labute approximate surface area is 103 Å². The first-order valence-electron chi connectivity index (χ1n) is 5.08. The minimum atomic E-state index is -0.255. The number of aromatic nitrogens is 1. The van der Waals surface area contributed by atoms with E-state index in [1.165, 1.54) is 12.1 Å². The van der Waals surface area contributed by atoms with Crippen LogP contribution in [0.3, 0.4) is 0 Å². The zero-order valence-corrected chi connectivity index (χ0v) is 9.62. The molecule has 0 aliphatic rings. The molecule has 0 amide bonds. The van der Waals surface area contributed by atoms with Gasteiger partial charge in [-0.3, -0.25) is 0 Å². The second-order valence-corrected chi connectivity index (χ2v) is 4.07. The number of halogens is 1.